The summed E-state index contributed by atoms with van der Waals surface area (Å²) in [4.78, 5) is 38.7. The molecule has 0 aromatic carbocycles. The summed E-state index contributed by atoms with van der Waals surface area (Å²) in [6.07, 6.45) is -0.408. The average molecular weight is 352 g/mol. The van der Waals surface area contributed by atoms with Crippen molar-refractivity contribution in [1.82, 2.24) is 4.90 Å². The van der Waals surface area contributed by atoms with Gasteiger partial charge < -0.3 is 14.1 Å². The fraction of sp³-hybridized carbons (Fsp3) is 0.750. The molecule has 8 heteroatoms. The molecule has 0 aromatic rings. The maximum Gasteiger partial charge on any atom is 0.313 e. The Kier molecular flexibility index (Phi) is 5.16. The van der Waals surface area contributed by atoms with Crippen LogP contribution in [0.5, 0.6) is 0 Å². The van der Waals surface area contributed by atoms with Crippen LogP contribution in [0, 0.1) is 29.1 Å². The summed E-state index contributed by atoms with van der Waals surface area (Å²) < 4.78 is 11.1. The number of ketones is 1. The number of carbonyl (C=O) groups is 3. The van der Waals surface area contributed by atoms with E-state index in [2.05, 4.69) is 0 Å². The first-order valence-electron chi connectivity index (χ1n) is 8.04. The minimum Gasteiger partial charge on any atom is -0.469 e. The van der Waals surface area contributed by atoms with Crippen molar-refractivity contribution < 1.29 is 23.5 Å². The fourth-order valence-corrected chi connectivity index (χ4v) is 4.98. The maximum absolute atomic E-state index is 12.5. The monoisotopic (exact) mass is 352 g/mol. The Morgan fingerprint density at radius 1 is 1.29 bits per heavy atom. The third kappa shape index (κ3) is 3.37. The Balaban J connectivity index is 2.50. The van der Waals surface area contributed by atoms with E-state index in [0.717, 1.165) is 0 Å². The van der Waals surface area contributed by atoms with E-state index in [4.69, 9.17) is 9.16 Å². The molecule has 1 aliphatic carbocycles. The highest BCUT2D eigenvalue weighted by atomic mass is 28.4. The van der Waals surface area contributed by atoms with Crippen molar-refractivity contribution in [3.05, 3.63) is 0 Å². The molecule has 7 nitrogen and oxygen atoms in total. The number of nitriles is 1. The van der Waals surface area contributed by atoms with Gasteiger partial charge in [0, 0.05) is 25.8 Å². The van der Waals surface area contributed by atoms with E-state index in [1.54, 1.807) is 7.05 Å². The van der Waals surface area contributed by atoms with Crippen molar-refractivity contribution in [2.45, 2.75) is 44.6 Å². The Bertz CT molecular complexity index is 594. The summed E-state index contributed by atoms with van der Waals surface area (Å²) in [5.41, 5.74) is 0. The van der Waals surface area contributed by atoms with Crippen LogP contribution < -0.4 is 0 Å². The van der Waals surface area contributed by atoms with E-state index in [1.165, 1.54) is 12.0 Å². The van der Waals surface area contributed by atoms with E-state index in [-0.39, 0.29) is 24.5 Å². The van der Waals surface area contributed by atoms with Gasteiger partial charge in [-0.25, -0.2) is 0 Å². The van der Waals surface area contributed by atoms with Gasteiger partial charge in [0.2, 0.25) is 5.91 Å². The first kappa shape index (κ1) is 18.6. The second-order valence-electron chi connectivity index (χ2n) is 7.47. The molecule has 0 aromatic heterocycles. The molecule has 1 saturated heterocycles. The molecule has 1 amide bonds. The molecule has 0 bridgehead atoms. The summed E-state index contributed by atoms with van der Waals surface area (Å²) in [5, 5.41) is 9.36. The number of nitrogens with zero attached hydrogens (tertiary/aromatic N) is 2. The molecule has 0 spiro atoms. The number of esters is 1. The standard InChI is InChI=1S/C16H24N2O5Si/c1-18-14-10(11(8-17)15(18)20)6-9(19)7-12(23-24(3,4)5)13(14)16(21)22-2/h10-14H,6-7H2,1-5H3/t10?,11-,12+,13-,14?/m0/s1. The van der Waals surface area contributed by atoms with Crippen LogP contribution in [-0.2, 0) is 23.5 Å². The molecule has 2 aliphatic rings. The van der Waals surface area contributed by atoms with E-state index >= 15 is 0 Å². The van der Waals surface area contributed by atoms with Gasteiger partial charge in [-0.1, -0.05) is 0 Å². The summed E-state index contributed by atoms with van der Waals surface area (Å²) in [5.74, 6) is -3.08. The minimum atomic E-state index is -2.03. The van der Waals surface area contributed by atoms with E-state index in [1.807, 2.05) is 25.7 Å². The number of methoxy groups -OCH3 is 1. The number of ether oxygens (including phenoxy) is 1. The van der Waals surface area contributed by atoms with E-state index < -0.39 is 44.2 Å². The molecule has 0 radical (unpaired) electrons. The van der Waals surface area contributed by atoms with Crippen LogP contribution in [-0.4, -0.2) is 57.2 Å². The fourth-order valence-electron chi connectivity index (χ4n) is 3.84. The van der Waals surface area contributed by atoms with Gasteiger partial charge in [0.25, 0.3) is 0 Å². The quantitative estimate of drug-likeness (QED) is 0.554. The molecule has 24 heavy (non-hydrogen) atoms. The first-order chi connectivity index (χ1) is 11.1. The van der Waals surface area contributed by atoms with Gasteiger partial charge in [-0.15, -0.1) is 0 Å². The van der Waals surface area contributed by atoms with Gasteiger partial charge in [-0.05, 0) is 19.6 Å². The van der Waals surface area contributed by atoms with Gasteiger partial charge in [0.05, 0.1) is 25.3 Å². The van der Waals surface area contributed by atoms with Gasteiger partial charge in [0.15, 0.2) is 8.32 Å². The van der Waals surface area contributed by atoms with Crippen molar-refractivity contribution in [3.63, 3.8) is 0 Å². The van der Waals surface area contributed by atoms with Crippen molar-refractivity contribution in [1.29, 1.82) is 5.26 Å². The predicted octanol–water partition coefficient (Wildman–Crippen LogP) is 0.955. The zero-order valence-electron chi connectivity index (χ0n) is 14.7. The topological polar surface area (TPSA) is 96.7 Å². The summed E-state index contributed by atoms with van der Waals surface area (Å²) in [6.45, 7) is 5.95. The number of Topliss-reactive ketones (excluding diaryl/α,β-unsaturated/α-hetero) is 1. The lowest BCUT2D eigenvalue weighted by molar-refractivity contribution is -0.152. The number of amides is 1. The number of rotatable bonds is 3. The van der Waals surface area contributed by atoms with Crippen LogP contribution in [0.1, 0.15) is 12.8 Å². The summed E-state index contributed by atoms with van der Waals surface area (Å²) >= 11 is 0. The van der Waals surface area contributed by atoms with Gasteiger partial charge >= 0.3 is 5.97 Å². The molecule has 2 rings (SSSR count). The number of hydrogen-bond acceptors (Lipinski definition) is 6. The number of fused-ring (bicyclic) bond motifs is 1. The molecule has 2 fully saturated rings. The van der Waals surface area contributed by atoms with Gasteiger partial charge in [-0.3, -0.25) is 14.4 Å². The van der Waals surface area contributed by atoms with Gasteiger partial charge in [-0.2, -0.15) is 5.26 Å². The molecule has 1 saturated carbocycles. The zero-order chi connectivity index (χ0) is 18.2. The first-order valence-corrected chi connectivity index (χ1v) is 11.4. The maximum atomic E-state index is 12.5. The van der Waals surface area contributed by atoms with Gasteiger partial charge in [0.1, 0.15) is 17.6 Å². The normalized spacial score (nSPS) is 33.7. The highest BCUT2D eigenvalue weighted by Gasteiger charge is 2.56. The molecule has 1 aliphatic heterocycles. The minimum absolute atomic E-state index is 0.0806. The lowest BCUT2D eigenvalue weighted by Gasteiger charge is -2.35. The molecular weight excluding hydrogens is 328 g/mol. The Hall–Kier alpha value is -1.72. The van der Waals surface area contributed by atoms with Crippen LogP contribution in [0.25, 0.3) is 0 Å². The van der Waals surface area contributed by atoms with Crippen LogP contribution in [0.4, 0.5) is 0 Å². The third-order valence-corrected chi connectivity index (χ3v) is 5.72. The SMILES string of the molecule is COC(=O)[C@@H]1C2C(CC(=O)C[C@H]1O[Si](C)(C)C)[C@H](C#N)C(=O)N2C. The van der Waals surface area contributed by atoms with Crippen molar-refractivity contribution in [2.24, 2.45) is 17.8 Å². The molecule has 1 heterocycles. The second kappa shape index (κ2) is 6.65. The molecule has 132 valence electrons. The van der Waals surface area contributed by atoms with Crippen LogP contribution >= 0.6 is 0 Å². The Morgan fingerprint density at radius 3 is 2.42 bits per heavy atom. The smallest absolute Gasteiger partial charge is 0.313 e. The average Bonchev–Trinajstić information content (AvgIpc) is 2.61. The molecule has 0 N–H and O–H groups in total. The molecule has 2 unspecified atom stereocenters. The Morgan fingerprint density at radius 2 is 1.92 bits per heavy atom. The highest BCUT2D eigenvalue weighted by Crippen LogP contribution is 2.42. The largest absolute Gasteiger partial charge is 0.469 e. The van der Waals surface area contributed by atoms with E-state index in [9.17, 15) is 19.6 Å². The molecular formula is C16H24N2O5Si. The number of likely N-dealkylation sites (tertiary alicyclic amines) is 1. The predicted molar refractivity (Wildman–Crippen MR) is 87.1 cm³/mol. The zero-order valence-corrected chi connectivity index (χ0v) is 15.7. The lowest BCUT2D eigenvalue weighted by Crippen LogP contribution is -2.49. The van der Waals surface area contributed by atoms with Crippen LogP contribution in [0.15, 0.2) is 0 Å². The second-order valence-corrected chi connectivity index (χ2v) is 11.9. The molecule has 5 atom stereocenters. The van der Waals surface area contributed by atoms with Crippen molar-refractivity contribution >= 4 is 26.0 Å². The highest BCUT2D eigenvalue weighted by molar-refractivity contribution is 6.69. The Labute approximate surface area is 143 Å². The van der Waals surface area contributed by atoms with E-state index in [0.29, 0.717) is 0 Å². The van der Waals surface area contributed by atoms with Crippen molar-refractivity contribution in [3.8, 4) is 6.07 Å². The third-order valence-electron chi connectivity index (χ3n) is 4.71. The van der Waals surface area contributed by atoms with Crippen LogP contribution in [0.2, 0.25) is 19.6 Å². The summed E-state index contributed by atoms with van der Waals surface area (Å²) in [7, 11) is 0.830. The van der Waals surface area contributed by atoms with Crippen molar-refractivity contribution in [2.75, 3.05) is 14.2 Å². The lowest BCUT2D eigenvalue weighted by atomic mass is 9.82. The number of hydrogen-bond donors (Lipinski definition) is 0. The number of carbonyl (C=O) groups excluding carboxylic acids is 3. The van der Waals surface area contributed by atoms with Crippen LogP contribution in [0.3, 0.4) is 0 Å². The summed E-state index contributed by atoms with van der Waals surface area (Å²) in [6, 6.07) is 1.45.